The van der Waals surface area contributed by atoms with Crippen LogP contribution in [0.15, 0.2) is 30.9 Å². The highest BCUT2D eigenvalue weighted by molar-refractivity contribution is 5.43. The lowest BCUT2D eigenvalue weighted by Crippen LogP contribution is -2.89. The summed E-state index contributed by atoms with van der Waals surface area (Å²) in [7, 11) is 1.69. The van der Waals surface area contributed by atoms with Crippen molar-refractivity contribution in [1.29, 1.82) is 0 Å². The lowest BCUT2D eigenvalue weighted by Gasteiger charge is -2.12. The molecule has 1 aliphatic carbocycles. The van der Waals surface area contributed by atoms with Crippen LogP contribution in [0.25, 0.3) is 0 Å². The minimum absolute atomic E-state index is 0.750. The number of rotatable bonds is 9. The smallest absolute Gasteiger partial charge is 0.161 e. The highest BCUT2D eigenvalue weighted by Gasteiger charge is 2.16. The molecule has 1 aromatic rings. The Bertz CT molecular complexity index is 439. The van der Waals surface area contributed by atoms with Gasteiger partial charge >= 0.3 is 0 Å². The van der Waals surface area contributed by atoms with Crippen LogP contribution in [-0.4, -0.2) is 26.3 Å². The van der Waals surface area contributed by atoms with Gasteiger partial charge in [0.05, 0.1) is 26.3 Å². The predicted molar refractivity (Wildman–Crippen MR) is 86.1 cm³/mol. The summed E-state index contributed by atoms with van der Waals surface area (Å²) in [5.41, 5.74) is 1.20. The summed E-state index contributed by atoms with van der Waals surface area (Å²) in [6.45, 7) is 5.67. The standard InChI is InChI=1S/C18H27NO2/c1-3-7-15-10-11-17(18(14-15)20-2)21-13-6-12-19-16-8-4-5-9-16/h3,10-11,14,16,19H,1,4-9,12-13H2,2H3/p+1. The maximum absolute atomic E-state index is 5.86. The van der Waals surface area contributed by atoms with Gasteiger partial charge in [-0.2, -0.15) is 0 Å². The fourth-order valence-electron chi connectivity index (χ4n) is 2.94. The molecule has 0 atom stereocenters. The number of nitrogens with two attached hydrogens (primary N) is 1. The van der Waals surface area contributed by atoms with Crippen molar-refractivity contribution < 1.29 is 14.8 Å². The number of hydrogen-bond acceptors (Lipinski definition) is 2. The summed E-state index contributed by atoms with van der Waals surface area (Å²) in [5, 5.41) is 2.49. The zero-order chi connectivity index (χ0) is 14.9. The molecular weight excluding hydrogens is 262 g/mol. The van der Waals surface area contributed by atoms with E-state index in [1.54, 1.807) is 7.11 Å². The lowest BCUT2D eigenvalue weighted by molar-refractivity contribution is -0.688. The van der Waals surface area contributed by atoms with Crippen LogP contribution in [0.2, 0.25) is 0 Å². The van der Waals surface area contributed by atoms with Gasteiger partial charge in [-0.25, -0.2) is 0 Å². The number of methoxy groups -OCH3 is 1. The molecule has 0 saturated heterocycles. The quantitative estimate of drug-likeness (QED) is 0.560. The monoisotopic (exact) mass is 290 g/mol. The van der Waals surface area contributed by atoms with Crippen molar-refractivity contribution in [3.63, 3.8) is 0 Å². The van der Waals surface area contributed by atoms with E-state index in [9.17, 15) is 0 Å². The molecule has 116 valence electrons. The fourth-order valence-corrected chi connectivity index (χ4v) is 2.94. The Hall–Kier alpha value is -1.48. The molecule has 1 aromatic carbocycles. The number of benzene rings is 1. The van der Waals surface area contributed by atoms with E-state index in [0.717, 1.165) is 43.5 Å². The average molecular weight is 290 g/mol. The van der Waals surface area contributed by atoms with Crippen LogP contribution in [0.1, 0.15) is 37.7 Å². The number of quaternary nitrogens is 1. The van der Waals surface area contributed by atoms with Crippen LogP contribution in [-0.2, 0) is 6.42 Å². The summed E-state index contributed by atoms with van der Waals surface area (Å²) >= 11 is 0. The zero-order valence-electron chi connectivity index (χ0n) is 13.1. The van der Waals surface area contributed by atoms with Gasteiger partial charge in [0.2, 0.25) is 0 Å². The molecule has 0 aliphatic heterocycles. The Morgan fingerprint density at radius 3 is 2.81 bits per heavy atom. The molecule has 0 spiro atoms. The highest BCUT2D eigenvalue weighted by atomic mass is 16.5. The molecular formula is C18H28NO2+. The second-order valence-corrected chi connectivity index (χ2v) is 5.75. The Kier molecular flexibility index (Phi) is 6.61. The van der Waals surface area contributed by atoms with Crippen LogP contribution >= 0.6 is 0 Å². The predicted octanol–water partition coefficient (Wildman–Crippen LogP) is 2.70. The van der Waals surface area contributed by atoms with Crippen molar-refractivity contribution in [3.05, 3.63) is 36.4 Å². The molecule has 21 heavy (non-hydrogen) atoms. The van der Waals surface area contributed by atoms with Crippen molar-refractivity contribution in [2.24, 2.45) is 0 Å². The first-order valence-electron chi connectivity index (χ1n) is 8.07. The van der Waals surface area contributed by atoms with Crippen LogP contribution in [0.4, 0.5) is 0 Å². The van der Waals surface area contributed by atoms with Gasteiger partial charge in [-0.05, 0) is 49.8 Å². The first kappa shape index (κ1) is 15.9. The molecule has 0 aromatic heterocycles. The summed E-state index contributed by atoms with van der Waals surface area (Å²) in [6.07, 6.45) is 9.42. The largest absolute Gasteiger partial charge is 0.493 e. The SMILES string of the molecule is C=CCc1ccc(OCCC[NH2+]C2CCCC2)c(OC)c1. The molecule has 0 radical (unpaired) electrons. The van der Waals surface area contributed by atoms with Gasteiger partial charge in [0, 0.05) is 6.42 Å². The molecule has 1 fully saturated rings. The van der Waals surface area contributed by atoms with Crippen LogP contribution in [0, 0.1) is 0 Å². The van der Waals surface area contributed by atoms with Crippen molar-refractivity contribution in [1.82, 2.24) is 0 Å². The molecule has 3 heteroatoms. The molecule has 0 heterocycles. The average Bonchev–Trinajstić information content (AvgIpc) is 3.01. The van der Waals surface area contributed by atoms with Crippen molar-refractivity contribution >= 4 is 0 Å². The second kappa shape index (κ2) is 8.73. The number of allylic oxidation sites excluding steroid dienone is 1. The first-order valence-corrected chi connectivity index (χ1v) is 8.07. The third kappa shape index (κ3) is 5.09. The Balaban J connectivity index is 1.72. The second-order valence-electron chi connectivity index (χ2n) is 5.75. The molecule has 0 unspecified atom stereocenters. The fraction of sp³-hybridized carbons (Fsp3) is 0.556. The van der Waals surface area contributed by atoms with E-state index in [1.165, 1.54) is 31.2 Å². The maximum atomic E-state index is 5.86. The minimum atomic E-state index is 0.750. The summed E-state index contributed by atoms with van der Waals surface area (Å²) in [5.74, 6) is 1.65. The molecule has 1 aliphatic rings. The van der Waals surface area contributed by atoms with Gasteiger partial charge in [0.15, 0.2) is 11.5 Å². The normalized spacial score (nSPS) is 15.1. The van der Waals surface area contributed by atoms with Gasteiger partial charge in [-0.3, -0.25) is 0 Å². The Labute approximate surface area is 128 Å². The lowest BCUT2D eigenvalue weighted by atomic mass is 10.1. The van der Waals surface area contributed by atoms with E-state index in [-0.39, 0.29) is 0 Å². The van der Waals surface area contributed by atoms with Gasteiger partial charge < -0.3 is 14.8 Å². The van der Waals surface area contributed by atoms with E-state index in [2.05, 4.69) is 18.0 Å². The third-order valence-electron chi connectivity index (χ3n) is 4.11. The minimum Gasteiger partial charge on any atom is -0.493 e. The summed E-state index contributed by atoms with van der Waals surface area (Å²) in [6, 6.07) is 6.96. The van der Waals surface area contributed by atoms with E-state index < -0.39 is 0 Å². The molecule has 0 bridgehead atoms. The Morgan fingerprint density at radius 2 is 2.10 bits per heavy atom. The van der Waals surface area contributed by atoms with Crippen LogP contribution < -0.4 is 14.8 Å². The molecule has 0 amide bonds. The van der Waals surface area contributed by atoms with Crippen LogP contribution in [0.5, 0.6) is 11.5 Å². The molecule has 2 N–H and O–H groups in total. The van der Waals surface area contributed by atoms with Gasteiger partial charge in [0.1, 0.15) is 0 Å². The van der Waals surface area contributed by atoms with E-state index in [0.29, 0.717) is 0 Å². The first-order chi connectivity index (χ1) is 10.3. The van der Waals surface area contributed by atoms with Crippen molar-refractivity contribution in [3.8, 4) is 11.5 Å². The zero-order valence-corrected chi connectivity index (χ0v) is 13.1. The van der Waals surface area contributed by atoms with Gasteiger partial charge in [0.25, 0.3) is 0 Å². The van der Waals surface area contributed by atoms with E-state index >= 15 is 0 Å². The summed E-state index contributed by atoms with van der Waals surface area (Å²) in [4.78, 5) is 0. The van der Waals surface area contributed by atoms with Gasteiger partial charge in [-0.1, -0.05) is 12.1 Å². The maximum Gasteiger partial charge on any atom is 0.161 e. The van der Waals surface area contributed by atoms with Gasteiger partial charge in [-0.15, -0.1) is 6.58 Å². The highest BCUT2D eigenvalue weighted by Crippen LogP contribution is 2.28. The van der Waals surface area contributed by atoms with Crippen molar-refractivity contribution in [2.75, 3.05) is 20.3 Å². The third-order valence-corrected chi connectivity index (χ3v) is 4.11. The summed E-state index contributed by atoms with van der Waals surface area (Å²) < 4.78 is 11.3. The van der Waals surface area contributed by atoms with Crippen molar-refractivity contribution in [2.45, 2.75) is 44.6 Å². The van der Waals surface area contributed by atoms with E-state index in [1.807, 2.05) is 18.2 Å². The van der Waals surface area contributed by atoms with E-state index in [4.69, 9.17) is 9.47 Å². The number of ether oxygens (including phenoxy) is 2. The topological polar surface area (TPSA) is 35.1 Å². The molecule has 3 nitrogen and oxygen atoms in total. The molecule has 2 rings (SSSR count). The number of hydrogen-bond donors (Lipinski definition) is 1. The molecule has 1 saturated carbocycles. The Morgan fingerprint density at radius 1 is 1.29 bits per heavy atom. The van der Waals surface area contributed by atoms with Crippen LogP contribution in [0.3, 0.4) is 0 Å².